The van der Waals surface area contributed by atoms with Crippen LogP contribution in [0.4, 0.5) is 0 Å². The monoisotopic (exact) mass is 432 g/mol. The average molecular weight is 433 g/mol. The van der Waals surface area contributed by atoms with E-state index < -0.39 is 5.60 Å². The largest absolute Gasteiger partial charge is 0.393 e. The summed E-state index contributed by atoms with van der Waals surface area (Å²) in [4.78, 5) is 0. The standard InChI is InChI=1S/C27H44O4/c1-16-5-12-27(30-15-16)17(2)23-22(31-27)13-21-19-7-11-26(29)14-18(28)6-10-25(26,4)20(19)8-9-24(21,23)3/h16-23,28-29H,5-15H2,1-4H3. The predicted molar refractivity (Wildman–Crippen MR) is 119 cm³/mol. The quantitative estimate of drug-likeness (QED) is 0.571. The molecule has 2 heterocycles. The summed E-state index contributed by atoms with van der Waals surface area (Å²) >= 11 is 0. The third kappa shape index (κ3) is 2.68. The molecule has 0 aromatic heterocycles. The Kier molecular flexibility index (Phi) is 4.62. The van der Waals surface area contributed by atoms with Crippen LogP contribution in [0.5, 0.6) is 0 Å². The molecule has 2 saturated heterocycles. The van der Waals surface area contributed by atoms with Gasteiger partial charge in [0.2, 0.25) is 0 Å². The van der Waals surface area contributed by atoms with Crippen LogP contribution in [-0.4, -0.2) is 40.4 Å². The Balaban J connectivity index is 1.27. The zero-order chi connectivity index (χ0) is 21.8. The Morgan fingerprint density at radius 2 is 1.71 bits per heavy atom. The van der Waals surface area contributed by atoms with Gasteiger partial charge in [0.15, 0.2) is 5.79 Å². The lowest BCUT2D eigenvalue weighted by atomic mass is 9.43. The van der Waals surface area contributed by atoms with Gasteiger partial charge in [0.05, 0.1) is 24.4 Å². The summed E-state index contributed by atoms with van der Waals surface area (Å²) in [5.41, 5.74) is -0.375. The second-order valence-corrected chi connectivity index (χ2v) is 13.3. The molecule has 0 aromatic carbocycles. The molecule has 31 heavy (non-hydrogen) atoms. The van der Waals surface area contributed by atoms with Gasteiger partial charge in [0.1, 0.15) is 0 Å². The van der Waals surface area contributed by atoms with E-state index in [1.807, 2.05) is 0 Å². The number of ether oxygens (including phenoxy) is 2. The molecule has 4 heteroatoms. The van der Waals surface area contributed by atoms with Crippen LogP contribution in [0.1, 0.15) is 91.9 Å². The molecule has 6 aliphatic rings. The summed E-state index contributed by atoms with van der Waals surface area (Å²) in [7, 11) is 0. The van der Waals surface area contributed by atoms with Crippen LogP contribution in [0.2, 0.25) is 0 Å². The van der Waals surface area contributed by atoms with Crippen molar-refractivity contribution in [2.45, 2.75) is 115 Å². The first-order valence-electron chi connectivity index (χ1n) is 13.3. The second-order valence-electron chi connectivity index (χ2n) is 13.3. The summed E-state index contributed by atoms with van der Waals surface area (Å²) in [5, 5.41) is 22.0. The first kappa shape index (κ1) is 21.4. The van der Waals surface area contributed by atoms with Crippen molar-refractivity contribution in [2.75, 3.05) is 6.61 Å². The second kappa shape index (κ2) is 6.71. The number of aliphatic hydroxyl groups excluding tert-OH is 1. The summed E-state index contributed by atoms with van der Waals surface area (Å²) in [5.74, 6) is 3.39. The van der Waals surface area contributed by atoms with Gasteiger partial charge < -0.3 is 19.7 Å². The van der Waals surface area contributed by atoms with Crippen molar-refractivity contribution in [1.29, 1.82) is 0 Å². The van der Waals surface area contributed by atoms with Gasteiger partial charge in [-0.3, -0.25) is 0 Å². The molecule has 12 unspecified atom stereocenters. The number of rotatable bonds is 0. The summed E-state index contributed by atoms with van der Waals surface area (Å²) in [6.07, 6.45) is 10.4. The van der Waals surface area contributed by atoms with Gasteiger partial charge >= 0.3 is 0 Å². The molecule has 12 atom stereocenters. The van der Waals surface area contributed by atoms with Gasteiger partial charge in [-0.15, -0.1) is 0 Å². The molecule has 0 radical (unpaired) electrons. The van der Waals surface area contributed by atoms with Crippen molar-refractivity contribution < 1.29 is 19.7 Å². The number of fused-ring (bicyclic) bond motifs is 7. The molecule has 4 saturated carbocycles. The predicted octanol–water partition coefficient (Wildman–Crippen LogP) is 4.91. The first-order valence-corrected chi connectivity index (χ1v) is 13.3. The van der Waals surface area contributed by atoms with Crippen LogP contribution in [-0.2, 0) is 9.47 Å². The lowest BCUT2D eigenvalue weighted by Gasteiger charge is -2.64. The van der Waals surface area contributed by atoms with E-state index in [0.717, 1.165) is 38.7 Å². The smallest absolute Gasteiger partial charge is 0.171 e. The van der Waals surface area contributed by atoms with Gasteiger partial charge in [-0.05, 0) is 91.8 Å². The van der Waals surface area contributed by atoms with Gasteiger partial charge in [-0.25, -0.2) is 0 Å². The van der Waals surface area contributed by atoms with Crippen LogP contribution in [0.25, 0.3) is 0 Å². The van der Waals surface area contributed by atoms with Gasteiger partial charge in [-0.2, -0.15) is 0 Å². The van der Waals surface area contributed by atoms with Crippen molar-refractivity contribution in [1.82, 2.24) is 0 Å². The van der Waals surface area contributed by atoms with Crippen molar-refractivity contribution in [2.24, 2.45) is 46.3 Å². The number of aliphatic hydroxyl groups is 2. The molecule has 6 rings (SSSR count). The van der Waals surface area contributed by atoms with E-state index in [0.29, 0.717) is 53.4 Å². The molecule has 6 fully saturated rings. The number of hydrogen-bond acceptors (Lipinski definition) is 4. The minimum Gasteiger partial charge on any atom is -0.393 e. The third-order valence-corrected chi connectivity index (χ3v) is 12.0. The number of hydrogen-bond donors (Lipinski definition) is 2. The molecule has 4 aliphatic carbocycles. The zero-order valence-corrected chi connectivity index (χ0v) is 20.1. The van der Waals surface area contributed by atoms with Crippen LogP contribution >= 0.6 is 0 Å². The molecule has 1 spiro atoms. The Labute approximate surface area is 188 Å². The lowest BCUT2D eigenvalue weighted by Crippen LogP contribution is -2.63. The highest BCUT2D eigenvalue weighted by Crippen LogP contribution is 2.71. The van der Waals surface area contributed by atoms with Crippen LogP contribution in [0.15, 0.2) is 0 Å². The fourth-order valence-corrected chi connectivity index (χ4v) is 10.2. The van der Waals surface area contributed by atoms with Gasteiger partial charge in [0, 0.05) is 18.8 Å². The van der Waals surface area contributed by atoms with E-state index in [4.69, 9.17) is 9.47 Å². The molecular formula is C27H44O4. The highest BCUT2D eigenvalue weighted by atomic mass is 16.7. The maximum absolute atomic E-state index is 11.7. The van der Waals surface area contributed by atoms with Crippen LogP contribution in [0.3, 0.4) is 0 Å². The molecule has 0 amide bonds. The van der Waals surface area contributed by atoms with Crippen molar-refractivity contribution in [3.63, 3.8) is 0 Å². The fraction of sp³-hybridized carbons (Fsp3) is 1.00. The van der Waals surface area contributed by atoms with Crippen molar-refractivity contribution >= 4 is 0 Å². The highest BCUT2D eigenvalue weighted by Gasteiger charge is 2.70. The molecule has 176 valence electrons. The lowest BCUT2D eigenvalue weighted by molar-refractivity contribution is -0.274. The van der Waals surface area contributed by atoms with Gasteiger partial charge in [0.25, 0.3) is 0 Å². The van der Waals surface area contributed by atoms with Gasteiger partial charge in [-0.1, -0.05) is 27.7 Å². The SMILES string of the molecule is CC1CCC2(OC1)OC1CC3C4CCC5(O)CC(O)CCC5(C)C4CCC3(C)C1C2C. The summed E-state index contributed by atoms with van der Waals surface area (Å²) in [6, 6.07) is 0. The Bertz CT molecular complexity index is 731. The van der Waals surface area contributed by atoms with Crippen LogP contribution < -0.4 is 0 Å². The maximum atomic E-state index is 11.7. The van der Waals surface area contributed by atoms with E-state index >= 15 is 0 Å². The fourth-order valence-electron chi connectivity index (χ4n) is 10.2. The zero-order valence-electron chi connectivity index (χ0n) is 20.1. The first-order chi connectivity index (χ1) is 14.6. The molecular weight excluding hydrogens is 388 g/mol. The molecule has 2 aliphatic heterocycles. The van der Waals surface area contributed by atoms with Crippen molar-refractivity contribution in [3.8, 4) is 0 Å². The van der Waals surface area contributed by atoms with Crippen LogP contribution in [0, 0.1) is 46.3 Å². The Morgan fingerprint density at radius 3 is 2.45 bits per heavy atom. The molecule has 0 aromatic rings. The van der Waals surface area contributed by atoms with E-state index in [1.54, 1.807) is 0 Å². The normalized spacial score (nSPS) is 63.3. The highest BCUT2D eigenvalue weighted by molar-refractivity contribution is 5.17. The van der Waals surface area contributed by atoms with E-state index in [9.17, 15) is 10.2 Å². The summed E-state index contributed by atoms with van der Waals surface area (Å²) in [6.45, 7) is 10.5. The molecule has 2 N–H and O–H groups in total. The van der Waals surface area contributed by atoms with E-state index in [-0.39, 0.29) is 17.3 Å². The van der Waals surface area contributed by atoms with E-state index in [2.05, 4.69) is 27.7 Å². The van der Waals surface area contributed by atoms with E-state index in [1.165, 1.54) is 25.7 Å². The van der Waals surface area contributed by atoms with Crippen molar-refractivity contribution in [3.05, 3.63) is 0 Å². The summed E-state index contributed by atoms with van der Waals surface area (Å²) < 4.78 is 13.3. The molecule has 0 bridgehead atoms. The Morgan fingerprint density at radius 1 is 0.903 bits per heavy atom. The molecule has 4 nitrogen and oxygen atoms in total. The minimum absolute atomic E-state index is 0.0372. The maximum Gasteiger partial charge on any atom is 0.171 e. The topological polar surface area (TPSA) is 58.9 Å². The average Bonchev–Trinajstić information content (AvgIpc) is 3.16. The minimum atomic E-state index is -0.672. The Hall–Kier alpha value is -0.160. The third-order valence-electron chi connectivity index (χ3n) is 12.0.